The molecule has 1 rings (SSSR count). The van der Waals surface area contributed by atoms with Crippen molar-refractivity contribution >= 4 is 11.8 Å². The minimum atomic E-state index is -0.342. The van der Waals surface area contributed by atoms with Gasteiger partial charge < -0.3 is 4.74 Å². The van der Waals surface area contributed by atoms with Crippen molar-refractivity contribution in [2.75, 3.05) is 6.61 Å². The van der Waals surface area contributed by atoms with Gasteiger partial charge in [-0.15, -0.1) is 0 Å². The minimum Gasteiger partial charge on any atom is -0.494 e. The Morgan fingerprint density at radius 1 is 1.15 bits per heavy atom. The Morgan fingerprint density at radius 3 is 2.35 bits per heavy atom. The molecule has 0 saturated heterocycles. The van der Waals surface area contributed by atoms with Gasteiger partial charge >= 0.3 is 0 Å². The van der Waals surface area contributed by atoms with E-state index >= 15 is 0 Å². The van der Waals surface area contributed by atoms with E-state index in [-0.39, 0.29) is 11.8 Å². The van der Waals surface area contributed by atoms with E-state index in [1.807, 2.05) is 20.8 Å². The summed E-state index contributed by atoms with van der Waals surface area (Å²) in [5, 5.41) is 0. The molecule has 1 aromatic rings. The molecule has 0 radical (unpaired) electrons. The van der Waals surface area contributed by atoms with Crippen molar-refractivity contribution < 1.29 is 14.3 Å². The first-order valence-corrected chi connectivity index (χ1v) is 6.85. The molecule has 5 nitrogen and oxygen atoms in total. The average Bonchev–Trinajstić information content (AvgIpc) is 2.43. The van der Waals surface area contributed by atoms with Crippen LogP contribution in [0.3, 0.4) is 0 Å². The Kier molecular flexibility index (Phi) is 6.56. The SMILES string of the molecule is CCOc1ccc(C(=O)NNC(=O)CCC(C)C)cc1. The summed E-state index contributed by atoms with van der Waals surface area (Å²) in [4.78, 5) is 23.3. The number of hydrogen-bond donors (Lipinski definition) is 2. The highest BCUT2D eigenvalue weighted by molar-refractivity contribution is 5.95. The zero-order valence-electron chi connectivity index (χ0n) is 12.2. The number of benzene rings is 1. The van der Waals surface area contributed by atoms with Crippen LogP contribution in [0.4, 0.5) is 0 Å². The van der Waals surface area contributed by atoms with Crippen molar-refractivity contribution in [3.63, 3.8) is 0 Å². The molecule has 2 amide bonds. The third kappa shape index (κ3) is 5.73. The molecule has 2 N–H and O–H groups in total. The Morgan fingerprint density at radius 2 is 1.80 bits per heavy atom. The third-order valence-electron chi connectivity index (χ3n) is 2.69. The lowest BCUT2D eigenvalue weighted by Crippen LogP contribution is -2.41. The molecule has 0 fully saturated rings. The van der Waals surface area contributed by atoms with Crippen LogP contribution in [0.1, 0.15) is 44.0 Å². The lowest BCUT2D eigenvalue weighted by molar-refractivity contribution is -0.122. The Hall–Kier alpha value is -2.04. The predicted molar refractivity (Wildman–Crippen MR) is 77.3 cm³/mol. The number of hydrogen-bond acceptors (Lipinski definition) is 3. The van der Waals surface area contributed by atoms with Crippen LogP contribution in [-0.4, -0.2) is 18.4 Å². The molecular weight excluding hydrogens is 256 g/mol. The first kappa shape index (κ1) is 16.0. The topological polar surface area (TPSA) is 67.4 Å². The van der Waals surface area contributed by atoms with E-state index in [1.165, 1.54) is 0 Å². The highest BCUT2D eigenvalue weighted by Crippen LogP contribution is 2.11. The molecule has 0 unspecified atom stereocenters. The second-order valence-corrected chi connectivity index (χ2v) is 4.89. The molecule has 0 aromatic heterocycles. The molecule has 1 aromatic carbocycles. The number of rotatable bonds is 6. The number of carbonyl (C=O) groups is 2. The zero-order chi connectivity index (χ0) is 15.0. The maximum Gasteiger partial charge on any atom is 0.269 e. The third-order valence-corrected chi connectivity index (χ3v) is 2.69. The van der Waals surface area contributed by atoms with Gasteiger partial charge in [0.1, 0.15) is 5.75 Å². The van der Waals surface area contributed by atoms with E-state index < -0.39 is 0 Å². The van der Waals surface area contributed by atoms with E-state index in [2.05, 4.69) is 10.9 Å². The quantitative estimate of drug-likeness (QED) is 0.784. The van der Waals surface area contributed by atoms with Gasteiger partial charge in [0.25, 0.3) is 5.91 Å². The molecule has 0 heterocycles. The highest BCUT2D eigenvalue weighted by atomic mass is 16.5. The summed E-state index contributed by atoms with van der Waals surface area (Å²) < 4.78 is 5.29. The largest absolute Gasteiger partial charge is 0.494 e. The Labute approximate surface area is 119 Å². The molecule has 20 heavy (non-hydrogen) atoms. The summed E-state index contributed by atoms with van der Waals surface area (Å²) in [7, 11) is 0. The van der Waals surface area contributed by atoms with Crippen molar-refractivity contribution in [3.8, 4) is 5.75 Å². The van der Waals surface area contributed by atoms with Gasteiger partial charge in [-0.25, -0.2) is 0 Å². The summed E-state index contributed by atoms with van der Waals surface area (Å²) in [6.07, 6.45) is 1.20. The number of nitrogens with one attached hydrogen (secondary N) is 2. The van der Waals surface area contributed by atoms with E-state index in [0.29, 0.717) is 30.3 Å². The summed E-state index contributed by atoms with van der Waals surface area (Å²) in [5.74, 6) is 0.650. The van der Waals surface area contributed by atoms with Crippen LogP contribution in [0.25, 0.3) is 0 Å². The normalized spacial score (nSPS) is 10.2. The van der Waals surface area contributed by atoms with Gasteiger partial charge in [-0.2, -0.15) is 0 Å². The number of amides is 2. The zero-order valence-corrected chi connectivity index (χ0v) is 12.2. The standard InChI is InChI=1S/C15H22N2O3/c1-4-20-13-8-6-12(7-9-13)15(19)17-16-14(18)10-5-11(2)3/h6-9,11H,4-5,10H2,1-3H3,(H,16,18)(H,17,19). The van der Waals surface area contributed by atoms with E-state index in [1.54, 1.807) is 24.3 Å². The van der Waals surface area contributed by atoms with Crippen molar-refractivity contribution in [3.05, 3.63) is 29.8 Å². The van der Waals surface area contributed by atoms with Gasteiger partial charge in [0.05, 0.1) is 6.61 Å². The fraction of sp³-hybridized carbons (Fsp3) is 0.467. The average molecular weight is 278 g/mol. The second-order valence-electron chi connectivity index (χ2n) is 4.89. The number of hydrazine groups is 1. The molecule has 0 aliphatic heterocycles. The van der Waals surface area contributed by atoms with Crippen LogP contribution in [0.5, 0.6) is 5.75 Å². The number of ether oxygens (including phenoxy) is 1. The van der Waals surface area contributed by atoms with Crippen LogP contribution in [0.15, 0.2) is 24.3 Å². The lowest BCUT2D eigenvalue weighted by Gasteiger charge is -2.09. The molecule has 0 aliphatic rings. The minimum absolute atomic E-state index is 0.182. The molecule has 5 heteroatoms. The summed E-state index contributed by atoms with van der Waals surface area (Å²) in [6, 6.07) is 6.75. The van der Waals surface area contributed by atoms with Gasteiger partial charge in [0.15, 0.2) is 0 Å². The van der Waals surface area contributed by atoms with Crippen LogP contribution < -0.4 is 15.6 Å². The molecular formula is C15H22N2O3. The van der Waals surface area contributed by atoms with Crippen LogP contribution >= 0.6 is 0 Å². The van der Waals surface area contributed by atoms with Crippen molar-refractivity contribution in [1.29, 1.82) is 0 Å². The fourth-order valence-corrected chi connectivity index (χ4v) is 1.55. The van der Waals surface area contributed by atoms with Gasteiger partial charge in [-0.05, 0) is 43.5 Å². The van der Waals surface area contributed by atoms with Crippen LogP contribution in [0, 0.1) is 5.92 Å². The lowest BCUT2D eigenvalue weighted by atomic mass is 10.1. The number of carbonyl (C=O) groups excluding carboxylic acids is 2. The molecule has 0 aliphatic carbocycles. The van der Waals surface area contributed by atoms with E-state index in [4.69, 9.17) is 4.74 Å². The Bertz CT molecular complexity index is 441. The summed E-state index contributed by atoms with van der Waals surface area (Å²) in [5.41, 5.74) is 5.27. The first-order chi connectivity index (χ1) is 9.52. The predicted octanol–water partition coefficient (Wildman–Crippen LogP) is 2.28. The summed E-state index contributed by atoms with van der Waals surface area (Å²) in [6.45, 7) is 6.57. The van der Waals surface area contributed by atoms with Crippen LogP contribution in [-0.2, 0) is 4.79 Å². The van der Waals surface area contributed by atoms with Gasteiger partial charge in [0, 0.05) is 12.0 Å². The monoisotopic (exact) mass is 278 g/mol. The van der Waals surface area contributed by atoms with Crippen LogP contribution in [0.2, 0.25) is 0 Å². The van der Waals surface area contributed by atoms with Gasteiger partial charge in [-0.3, -0.25) is 20.4 Å². The summed E-state index contributed by atoms with van der Waals surface area (Å²) >= 11 is 0. The van der Waals surface area contributed by atoms with E-state index in [0.717, 1.165) is 6.42 Å². The van der Waals surface area contributed by atoms with Gasteiger partial charge in [0.2, 0.25) is 5.91 Å². The highest BCUT2D eigenvalue weighted by Gasteiger charge is 2.08. The maximum atomic E-state index is 11.8. The van der Waals surface area contributed by atoms with Crippen molar-refractivity contribution in [1.82, 2.24) is 10.9 Å². The maximum absolute atomic E-state index is 11.8. The first-order valence-electron chi connectivity index (χ1n) is 6.85. The van der Waals surface area contributed by atoms with Crippen molar-refractivity contribution in [2.45, 2.75) is 33.6 Å². The Balaban J connectivity index is 2.40. The van der Waals surface area contributed by atoms with E-state index in [9.17, 15) is 9.59 Å². The molecule has 0 bridgehead atoms. The fourth-order valence-electron chi connectivity index (χ4n) is 1.55. The van der Waals surface area contributed by atoms with Crippen molar-refractivity contribution in [2.24, 2.45) is 5.92 Å². The second kappa shape index (κ2) is 8.19. The molecule has 0 spiro atoms. The van der Waals surface area contributed by atoms with Gasteiger partial charge in [-0.1, -0.05) is 13.8 Å². The molecule has 0 atom stereocenters. The molecule has 0 saturated carbocycles. The molecule has 110 valence electrons. The smallest absolute Gasteiger partial charge is 0.269 e.